The van der Waals surface area contributed by atoms with E-state index in [4.69, 9.17) is 5.11 Å². The van der Waals surface area contributed by atoms with Crippen LogP contribution in [0.25, 0.3) is 10.8 Å². The smallest absolute Gasteiger partial charge is 0.339 e. The van der Waals surface area contributed by atoms with E-state index in [0.29, 0.717) is 5.69 Å². The molecule has 0 atom stereocenters. The molecule has 5 heteroatoms. The molecule has 0 unspecified atom stereocenters. The lowest BCUT2D eigenvalue weighted by molar-refractivity contribution is 0.0697. The standard InChI is InChI=1S/C16H11FN2O2/c17-12-8-14(16(20)21)15(18-9-12)19-13-6-5-10-3-1-2-4-11(10)7-13/h1-9H,(H,18,19)(H,20,21). The third kappa shape index (κ3) is 2.67. The molecule has 0 aliphatic rings. The van der Waals surface area contributed by atoms with Gasteiger partial charge in [0.25, 0.3) is 0 Å². The lowest BCUT2D eigenvalue weighted by atomic mass is 10.1. The average molecular weight is 282 g/mol. The number of fused-ring (bicyclic) bond motifs is 1. The van der Waals surface area contributed by atoms with Gasteiger partial charge in [0, 0.05) is 5.69 Å². The van der Waals surface area contributed by atoms with Gasteiger partial charge in [-0.1, -0.05) is 30.3 Å². The summed E-state index contributed by atoms with van der Waals surface area (Å²) in [4.78, 5) is 14.9. The predicted octanol–water partition coefficient (Wildman–Crippen LogP) is 3.82. The molecular formula is C16H11FN2O2. The van der Waals surface area contributed by atoms with Gasteiger partial charge in [0.2, 0.25) is 0 Å². The Morgan fingerprint density at radius 3 is 2.62 bits per heavy atom. The number of halogens is 1. The van der Waals surface area contributed by atoms with Gasteiger partial charge in [-0.05, 0) is 29.0 Å². The van der Waals surface area contributed by atoms with Crippen molar-refractivity contribution in [3.63, 3.8) is 0 Å². The SMILES string of the molecule is O=C(O)c1cc(F)cnc1Nc1ccc2ccccc2c1. The van der Waals surface area contributed by atoms with Gasteiger partial charge in [-0.15, -0.1) is 0 Å². The quantitative estimate of drug-likeness (QED) is 0.766. The minimum absolute atomic E-state index is 0.110. The molecule has 2 N–H and O–H groups in total. The summed E-state index contributed by atoms with van der Waals surface area (Å²) in [6, 6.07) is 14.4. The van der Waals surface area contributed by atoms with Crippen molar-refractivity contribution in [1.82, 2.24) is 4.98 Å². The van der Waals surface area contributed by atoms with E-state index in [1.54, 1.807) is 0 Å². The number of rotatable bonds is 3. The largest absolute Gasteiger partial charge is 0.478 e. The molecule has 3 aromatic rings. The Kier molecular flexibility index (Phi) is 3.23. The van der Waals surface area contributed by atoms with E-state index in [0.717, 1.165) is 23.0 Å². The fourth-order valence-electron chi connectivity index (χ4n) is 2.11. The Morgan fingerprint density at radius 2 is 1.86 bits per heavy atom. The van der Waals surface area contributed by atoms with Crippen molar-refractivity contribution in [2.45, 2.75) is 0 Å². The number of pyridine rings is 1. The molecule has 0 saturated carbocycles. The molecule has 0 amide bonds. The number of carboxylic acids is 1. The molecule has 0 fully saturated rings. The summed E-state index contributed by atoms with van der Waals surface area (Å²) in [7, 11) is 0. The number of benzene rings is 2. The van der Waals surface area contributed by atoms with Crippen molar-refractivity contribution >= 4 is 28.2 Å². The first kappa shape index (κ1) is 13.1. The summed E-state index contributed by atoms with van der Waals surface area (Å²) in [5.74, 6) is -1.80. The minimum Gasteiger partial charge on any atom is -0.478 e. The summed E-state index contributed by atoms with van der Waals surface area (Å²) in [6.45, 7) is 0. The van der Waals surface area contributed by atoms with Crippen molar-refractivity contribution in [3.05, 3.63) is 66.1 Å². The molecule has 0 aliphatic heterocycles. The summed E-state index contributed by atoms with van der Waals surface area (Å²) < 4.78 is 13.1. The summed E-state index contributed by atoms with van der Waals surface area (Å²) >= 11 is 0. The van der Waals surface area contributed by atoms with E-state index in [-0.39, 0.29) is 11.4 Å². The van der Waals surface area contributed by atoms with Crippen LogP contribution in [0.3, 0.4) is 0 Å². The third-order valence-corrected chi connectivity index (χ3v) is 3.10. The van der Waals surface area contributed by atoms with Crippen LogP contribution < -0.4 is 5.32 Å². The number of nitrogens with zero attached hydrogens (tertiary/aromatic N) is 1. The Labute approximate surface area is 119 Å². The highest BCUT2D eigenvalue weighted by atomic mass is 19.1. The molecule has 21 heavy (non-hydrogen) atoms. The zero-order valence-electron chi connectivity index (χ0n) is 10.9. The zero-order valence-corrected chi connectivity index (χ0v) is 10.9. The van der Waals surface area contributed by atoms with Gasteiger partial charge >= 0.3 is 5.97 Å². The Bertz CT molecular complexity index is 833. The predicted molar refractivity (Wildman–Crippen MR) is 78.4 cm³/mol. The number of hydrogen-bond donors (Lipinski definition) is 2. The van der Waals surface area contributed by atoms with Crippen LogP contribution in [0.15, 0.2) is 54.7 Å². The first-order valence-electron chi connectivity index (χ1n) is 6.28. The van der Waals surface area contributed by atoms with Crippen molar-refractivity contribution in [3.8, 4) is 0 Å². The summed E-state index contributed by atoms with van der Waals surface area (Å²) in [5, 5.41) is 14.1. The Balaban J connectivity index is 2.00. The molecular weight excluding hydrogens is 271 g/mol. The van der Waals surface area contributed by atoms with E-state index in [1.165, 1.54) is 0 Å². The zero-order chi connectivity index (χ0) is 14.8. The molecule has 0 radical (unpaired) electrons. The van der Waals surface area contributed by atoms with Crippen LogP contribution in [0.2, 0.25) is 0 Å². The van der Waals surface area contributed by atoms with Crippen molar-refractivity contribution < 1.29 is 14.3 Å². The van der Waals surface area contributed by atoms with Gasteiger partial charge < -0.3 is 10.4 Å². The Morgan fingerprint density at radius 1 is 1.10 bits per heavy atom. The maximum atomic E-state index is 13.1. The Hall–Kier alpha value is -2.95. The molecule has 0 saturated heterocycles. The second-order valence-corrected chi connectivity index (χ2v) is 4.54. The van der Waals surface area contributed by atoms with Crippen LogP contribution in [0.4, 0.5) is 15.9 Å². The number of aromatic carboxylic acids is 1. The number of hydrogen-bond acceptors (Lipinski definition) is 3. The lowest BCUT2D eigenvalue weighted by Gasteiger charge is -2.09. The monoisotopic (exact) mass is 282 g/mol. The fourth-order valence-corrected chi connectivity index (χ4v) is 2.11. The molecule has 0 bridgehead atoms. The number of carboxylic acid groups (broad SMARTS) is 1. The van der Waals surface area contributed by atoms with Crippen LogP contribution in [0.5, 0.6) is 0 Å². The fraction of sp³-hybridized carbons (Fsp3) is 0. The maximum Gasteiger partial charge on any atom is 0.339 e. The summed E-state index contributed by atoms with van der Waals surface area (Å²) in [6.07, 6.45) is 0.982. The van der Waals surface area contributed by atoms with Crippen LogP contribution in [0.1, 0.15) is 10.4 Å². The first-order valence-corrected chi connectivity index (χ1v) is 6.28. The van der Waals surface area contributed by atoms with E-state index < -0.39 is 11.8 Å². The van der Waals surface area contributed by atoms with E-state index >= 15 is 0 Å². The molecule has 1 aromatic heterocycles. The highest BCUT2D eigenvalue weighted by Crippen LogP contribution is 2.23. The van der Waals surface area contributed by atoms with Gasteiger partial charge in [0.05, 0.1) is 6.20 Å². The maximum absolute atomic E-state index is 13.1. The molecule has 3 rings (SSSR count). The molecule has 0 aliphatic carbocycles. The first-order chi connectivity index (χ1) is 10.1. The topological polar surface area (TPSA) is 62.2 Å². The average Bonchev–Trinajstić information content (AvgIpc) is 2.49. The second kappa shape index (κ2) is 5.20. The van der Waals surface area contributed by atoms with E-state index in [9.17, 15) is 9.18 Å². The number of aromatic nitrogens is 1. The molecule has 104 valence electrons. The van der Waals surface area contributed by atoms with Crippen molar-refractivity contribution in [2.75, 3.05) is 5.32 Å². The van der Waals surface area contributed by atoms with Crippen molar-refractivity contribution in [1.29, 1.82) is 0 Å². The van der Waals surface area contributed by atoms with Gasteiger partial charge in [0.15, 0.2) is 0 Å². The summed E-state index contributed by atoms with van der Waals surface area (Å²) in [5.41, 5.74) is 0.485. The lowest BCUT2D eigenvalue weighted by Crippen LogP contribution is -2.05. The molecule has 0 spiro atoms. The highest BCUT2D eigenvalue weighted by Gasteiger charge is 2.13. The molecule has 4 nitrogen and oxygen atoms in total. The van der Waals surface area contributed by atoms with E-state index in [2.05, 4.69) is 10.3 Å². The number of carbonyl (C=O) groups is 1. The van der Waals surface area contributed by atoms with Crippen LogP contribution in [-0.4, -0.2) is 16.1 Å². The van der Waals surface area contributed by atoms with Gasteiger partial charge in [0.1, 0.15) is 17.2 Å². The number of nitrogens with one attached hydrogen (secondary N) is 1. The second-order valence-electron chi connectivity index (χ2n) is 4.54. The van der Waals surface area contributed by atoms with Crippen LogP contribution >= 0.6 is 0 Å². The third-order valence-electron chi connectivity index (χ3n) is 3.10. The molecule has 1 heterocycles. The number of anilines is 2. The van der Waals surface area contributed by atoms with Gasteiger partial charge in [-0.25, -0.2) is 14.2 Å². The van der Waals surface area contributed by atoms with Gasteiger partial charge in [-0.2, -0.15) is 0 Å². The van der Waals surface area contributed by atoms with Crippen LogP contribution in [-0.2, 0) is 0 Å². The normalized spacial score (nSPS) is 10.5. The van der Waals surface area contributed by atoms with Crippen LogP contribution in [0, 0.1) is 5.82 Å². The van der Waals surface area contributed by atoms with Gasteiger partial charge in [-0.3, -0.25) is 0 Å². The van der Waals surface area contributed by atoms with E-state index in [1.807, 2.05) is 42.5 Å². The highest BCUT2D eigenvalue weighted by molar-refractivity contribution is 5.94. The van der Waals surface area contributed by atoms with Crippen molar-refractivity contribution in [2.24, 2.45) is 0 Å². The molecule has 2 aromatic carbocycles. The minimum atomic E-state index is -1.23.